The summed E-state index contributed by atoms with van der Waals surface area (Å²) in [4.78, 5) is 35.3. The van der Waals surface area contributed by atoms with Crippen molar-refractivity contribution in [2.75, 3.05) is 14.2 Å². The smallest absolute Gasteiger partial charge is 0.278 e. The lowest BCUT2D eigenvalue weighted by Gasteiger charge is -1.88. The molecule has 9 nitrogen and oxygen atoms in total. The van der Waals surface area contributed by atoms with Gasteiger partial charge in [0.2, 0.25) is 0 Å². The Morgan fingerprint density at radius 1 is 1.00 bits per heavy atom. The minimum Gasteiger partial charge on any atom is -0.378 e. The molecule has 4 heterocycles. The first kappa shape index (κ1) is 18.7. The van der Waals surface area contributed by atoms with Crippen molar-refractivity contribution in [2.24, 2.45) is 0 Å². The third kappa shape index (κ3) is 4.19. The number of hydrogen-bond donors (Lipinski definition) is 1. The number of aromatic amines is 1. The highest BCUT2D eigenvalue weighted by molar-refractivity contribution is 7.18. The van der Waals surface area contributed by atoms with E-state index in [1.165, 1.54) is 35.3 Å². The van der Waals surface area contributed by atoms with Crippen LogP contribution in [0.2, 0.25) is 5.15 Å². The molecule has 26 heavy (non-hydrogen) atoms. The van der Waals surface area contributed by atoms with Crippen LogP contribution in [0.1, 0.15) is 10.0 Å². The van der Waals surface area contributed by atoms with Gasteiger partial charge in [0, 0.05) is 14.2 Å². The van der Waals surface area contributed by atoms with Crippen molar-refractivity contribution >= 4 is 55.0 Å². The minimum atomic E-state index is -0.205. The van der Waals surface area contributed by atoms with Crippen LogP contribution in [-0.4, -0.2) is 44.1 Å². The van der Waals surface area contributed by atoms with Crippen molar-refractivity contribution in [3.8, 4) is 0 Å². The Morgan fingerprint density at radius 2 is 1.62 bits per heavy atom. The first-order valence-electron chi connectivity index (χ1n) is 7.19. The summed E-state index contributed by atoms with van der Waals surface area (Å²) < 4.78 is 9.86. The van der Waals surface area contributed by atoms with Crippen LogP contribution in [0.5, 0.6) is 0 Å². The Balaban J connectivity index is 0.000000151. The van der Waals surface area contributed by atoms with Crippen molar-refractivity contribution in [2.45, 2.75) is 13.2 Å². The van der Waals surface area contributed by atoms with Gasteiger partial charge in [-0.1, -0.05) is 34.3 Å². The van der Waals surface area contributed by atoms with Crippen molar-refractivity contribution in [1.82, 2.24) is 29.9 Å². The van der Waals surface area contributed by atoms with E-state index in [1.807, 2.05) is 0 Å². The number of nitrogens with one attached hydrogen (secondary N) is 1. The summed E-state index contributed by atoms with van der Waals surface area (Å²) >= 11 is 8.66. The summed E-state index contributed by atoms with van der Waals surface area (Å²) in [5.74, 6) is 0. The fraction of sp³-hybridized carbons (Fsp3) is 0.286. The molecule has 0 saturated carbocycles. The number of fused-ring (bicyclic) bond motifs is 2. The second kappa shape index (κ2) is 8.56. The van der Waals surface area contributed by atoms with Crippen molar-refractivity contribution < 1.29 is 9.47 Å². The zero-order chi connectivity index (χ0) is 18.5. The maximum absolute atomic E-state index is 11.2. The summed E-state index contributed by atoms with van der Waals surface area (Å²) in [6.45, 7) is 0.901. The van der Waals surface area contributed by atoms with Crippen LogP contribution in [0.4, 0.5) is 0 Å². The van der Waals surface area contributed by atoms with Gasteiger partial charge in [-0.15, -0.1) is 0 Å². The topological polar surface area (TPSA) is 116 Å². The molecular formula is C14H13ClN6O3S2. The van der Waals surface area contributed by atoms with Crippen LogP contribution in [0, 0.1) is 0 Å². The maximum Gasteiger partial charge on any atom is 0.278 e. The molecule has 0 aromatic carbocycles. The van der Waals surface area contributed by atoms with Crippen LogP contribution >= 0.6 is 34.3 Å². The molecule has 0 spiro atoms. The van der Waals surface area contributed by atoms with Crippen LogP contribution < -0.4 is 5.56 Å². The minimum absolute atomic E-state index is 0.205. The quantitative estimate of drug-likeness (QED) is 0.508. The molecule has 0 fully saturated rings. The highest BCUT2D eigenvalue weighted by atomic mass is 35.5. The van der Waals surface area contributed by atoms with Crippen LogP contribution in [0.3, 0.4) is 0 Å². The molecule has 0 radical (unpaired) electrons. The van der Waals surface area contributed by atoms with Crippen molar-refractivity contribution in [1.29, 1.82) is 0 Å². The number of rotatable bonds is 4. The summed E-state index contributed by atoms with van der Waals surface area (Å²) in [7, 11) is 3.21. The van der Waals surface area contributed by atoms with Crippen molar-refractivity contribution in [3.05, 3.63) is 38.2 Å². The number of halogens is 1. The molecule has 12 heteroatoms. The molecule has 0 aliphatic rings. The zero-order valence-corrected chi connectivity index (χ0v) is 16.1. The number of hydrogen-bond acceptors (Lipinski definition) is 10. The molecule has 0 aliphatic heterocycles. The maximum atomic E-state index is 11.2. The predicted octanol–water partition coefficient (Wildman–Crippen LogP) is 2.41. The van der Waals surface area contributed by atoms with E-state index in [2.05, 4.69) is 29.9 Å². The van der Waals surface area contributed by atoms with E-state index in [0.29, 0.717) is 34.2 Å². The number of thiazole rings is 2. The Hall–Kier alpha value is -2.05. The Morgan fingerprint density at radius 3 is 2.19 bits per heavy atom. The van der Waals surface area contributed by atoms with E-state index >= 15 is 0 Å². The highest BCUT2D eigenvalue weighted by Gasteiger charge is 2.08. The van der Waals surface area contributed by atoms with Gasteiger partial charge in [0.1, 0.15) is 26.7 Å². The fourth-order valence-electron chi connectivity index (χ4n) is 1.95. The zero-order valence-electron chi connectivity index (χ0n) is 13.7. The van der Waals surface area contributed by atoms with Gasteiger partial charge in [-0.05, 0) is 0 Å². The van der Waals surface area contributed by atoms with Gasteiger partial charge in [-0.25, -0.2) is 24.9 Å². The molecule has 1 N–H and O–H groups in total. The van der Waals surface area contributed by atoms with Gasteiger partial charge in [-0.3, -0.25) is 4.79 Å². The third-order valence-electron chi connectivity index (χ3n) is 2.98. The van der Waals surface area contributed by atoms with Gasteiger partial charge in [0.15, 0.2) is 15.5 Å². The van der Waals surface area contributed by atoms with Crippen molar-refractivity contribution in [3.63, 3.8) is 0 Å². The fourth-order valence-corrected chi connectivity index (χ4v) is 3.93. The SMILES string of the molecule is COCc1nc2c(=O)[nH]cnc2s1.COCc1nc2c(Cl)ncnc2s1. The summed E-state index contributed by atoms with van der Waals surface area (Å²) in [5.41, 5.74) is 0.837. The molecule has 0 saturated heterocycles. The lowest BCUT2D eigenvalue weighted by molar-refractivity contribution is 0.184. The third-order valence-corrected chi connectivity index (χ3v) is 5.13. The van der Waals surface area contributed by atoms with E-state index in [4.69, 9.17) is 21.1 Å². The van der Waals surface area contributed by atoms with Crippen LogP contribution in [0.15, 0.2) is 17.4 Å². The van der Waals surface area contributed by atoms with E-state index in [0.717, 1.165) is 14.8 Å². The van der Waals surface area contributed by atoms with Gasteiger partial charge < -0.3 is 14.5 Å². The molecule has 0 atom stereocenters. The first-order valence-corrected chi connectivity index (χ1v) is 9.20. The van der Waals surface area contributed by atoms with Gasteiger partial charge in [0.05, 0.1) is 19.5 Å². The van der Waals surface area contributed by atoms with E-state index in [-0.39, 0.29) is 5.56 Å². The van der Waals surface area contributed by atoms with Crippen LogP contribution in [0.25, 0.3) is 20.7 Å². The molecule has 0 unspecified atom stereocenters. The second-order valence-corrected chi connectivity index (χ2v) is 7.27. The number of nitrogens with zero attached hydrogens (tertiary/aromatic N) is 5. The second-order valence-electron chi connectivity index (χ2n) is 4.78. The average Bonchev–Trinajstić information content (AvgIpc) is 3.21. The number of aromatic nitrogens is 6. The van der Waals surface area contributed by atoms with E-state index < -0.39 is 0 Å². The van der Waals surface area contributed by atoms with Crippen LogP contribution in [-0.2, 0) is 22.7 Å². The molecule has 0 amide bonds. The van der Waals surface area contributed by atoms with Gasteiger partial charge in [0.25, 0.3) is 5.56 Å². The highest BCUT2D eigenvalue weighted by Crippen LogP contribution is 2.24. The Bertz CT molecular complexity index is 1080. The molecule has 136 valence electrons. The standard InChI is InChI=1S/C7H6ClN3OS.C7H7N3O2S/c1-12-2-4-11-5-6(8)9-3-10-7(5)13-4;1-12-2-4-10-5-6(11)8-3-9-7(5)13-4/h3H,2H2,1H3;3H,2H2,1H3,(H,8,9,11). The summed E-state index contributed by atoms with van der Waals surface area (Å²) in [5, 5.41) is 2.02. The molecule has 4 rings (SSSR count). The van der Waals surface area contributed by atoms with E-state index in [1.54, 1.807) is 14.2 Å². The Kier molecular flexibility index (Phi) is 6.16. The lowest BCUT2D eigenvalue weighted by atomic mass is 10.6. The normalized spacial score (nSPS) is 10.9. The molecule has 0 aliphatic carbocycles. The number of H-pyrrole nitrogens is 1. The van der Waals surface area contributed by atoms with Gasteiger partial charge >= 0.3 is 0 Å². The lowest BCUT2D eigenvalue weighted by Crippen LogP contribution is -2.05. The number of ether oxygens (including phenoxy) is 2. The summed E-state index contributed by atoms with van der Waals surface area (Å²) in [6.07, 6.45) is 2.80. The number of methoxy groups -OCH3 is 2. The average molecular weight is 413 g/mol. The molecule has 4 aromatic rings. The first-order chi connectivity index (χ1) is 12.6. The Labute approximate surface area is 160 Å². The monoisotopic (exact) mass is 412 g/mol. The molecule has 0 bridgehead atoms. The predicted molar refractivity (Wildman–Crippen MR) is 99.7 cm³/mol. The van der Waals surface area contributed by atoms with E-state index in [9.17, 15) is 4.79 Å². The van der Waals surface area contributed by atoms with Gasteiger partial charge in [-0.2, -0.15) is 0 Å². The summed E-state index contributed by atoms with van der Waals surface area (Å²) in [6, 6.07) is 0. The largest absolute Gasteiger partial charge is 0.378 e. The molecule has 4 aromatic heterocycles. The molecular weight excluding hydrogens is 400 g/mol.